The van der Waals surface area contributed by atoms with Crippen molar-refractivity contribution >= 4 is 0 Å². The second kappa shape index (κ2) is 6.02. The summed E-state index contributed by atoms with van der Waals surface area (Å²) in [6.07, 6.45) is 3.88. The van der Waals surface area contributed by atoms with E-state index in [4.69, 9.17) is 4.74 Å². The Bertz CT molecular complexity index is 454. The van der Waals surface area contributed by atoms with Gasteiger partial charge in [0, 0.05) is 43.9 Å². The first-order valence-electron chi connectivity index (χ1n) is 7.61. The van der Waals surface area contributed by atoms with E-state index in [1.165, 1.54) is 19.3 Å². The number of nitrogens with zero attached hydrogens (tertiary/aromatic N) is 1. The molecule has 0 aromatic heterocycles. The third kappa shape index (κ3) is 2.63. The topological polar surface area (TPSA) is 44.7 Å². The molecule has 0 unspecified atom stereocenters. The molecule has 4 nitrogen and oxygen atoms in total. The van der Waals surface area contributed by atoms with Gasteiger partial charge in [-0.3, -0.25) is 4.90 Å². The molecule has 0 amide bonds. The number of methoxy groups -OCH3 is 1. The van der Waals surface area contributed by atoms with Gasteiger partial charge in [-0.15, -0.1) is 0 Å². The summed E-state index contributed by atoms with van der Waals surface area (Å²) in [7, 11) is 1.63. The molecular formula is C16H24N2O2. The van der Waals surface area contributed by atoms with E-state index < -0.39 is 0 Å². The molecule has 2 fully saturated rings. The van der Waals surface area contributed by atoms with Gasteiger partial charge in [0.15, 0.2) is 0 Å². The number of phenolic OH excluding ortho intramolecular Hbond substituents is 1. The van der Waals surface area contributed by atoms with Crippen LogP contribution >= 0.6 is 0 Å². The molecule has 4 heteroatoms. The first-order valence-corrected chi connectivity index (χ1v) is 7.61. The number of phenols is 1. The van der Waals surface area contributed by atoms with Crippen molar-refractivity contribution in [3.8, 4) is 11.5 Å². The van der Waals surface area contributed by atoms with Gasteiger partial charge in [-0.05, 0) is 24.8 Å². The number of rotatable bonds is 4. The van der Waals surface area contributed by atoms with Crippen LogP contribution in [0.5, 0.6) is 11.5 Å². The zero-order valence-electron chi connectivity index (χ0n) is 12.1. The number of hydrogen-bond acceptors (Lipinski definition) is 4. The Morgan fingerprint density at radius 1 is 1.30 bits per heavy atom. The van der Waals surface area contributed by atoms with Crippen molar-refractivity contribution in [2.75, 3.05) is 33.3 Å². The highest BCUT2D eigenvalue weighted by molar-refractivity contribution is 5.42. The Labute approximate surface area is 120 Å². The lowest BCUT2D eigenvalue weighted by atomic mass is 9.76. The van der Waals surface area contributed by atoms with Crippen LogP contribution in [0.15, 0.2) is 18.2 Å². The maximum absolute atomic E-state index is 10.4. The van der Waals surface area contributed by atoms with Crippen molar-refractivity contribution < 1.29 is 9.84 Å². The Morgan fingerprint density at radius 2 is 2.05 bits per heavy atom. The second-order valence-electron chi connectivity index (χ2n) is 5.85. The van der Waals surface area contributed by atoms with Gasteiger partial charge in [0.05, 0.1) is 7.11 Å². The molecule has 2 N–H and O–H groups in total. The van der Waals surface area contributed by atoms with Crippen LogP contribution in [-0.2, 0) is 0 Å². The second-order valence-corrected chi connectivity index (χ2v) is 5.85. The Morgan fingerprint density at radius 3 is 2.60 bits per heavy atom. The van der Waals surface area contributed by atoms with E-state index >= 15 is 0 Å². The van der Waals surface area contributed by atoms with Crippen molar-refractivity contribution in [3.63, 3.8) is 0 Å². The van der Waals surface area contributed by atoms with Gasteiger partial charge in [-0.25, -0.2) is 0 Å². The van der Waals surface area contributed by atoms with Crippen molar-refractivity contribution in [2.24, 2.45) is 5.92 Å². The average molecular weight is 276 g/mol. The summed E-state index contributed by atoms with van der Waals surface area (Å²) in [5.41, 5.74) is 1.07. The van der Waals surface area contributed by atoms with Crippen molar-refractivity contribution in [1.82, 2.24) is 10.2 Å². The van der Waals surface area contributed by atoms with Crippen LogP contribution in [0.2, 0.25) is 0 Å². The number of benzene rings is 1. The lowest BCUT2D eigenvalue weighted by Crippen LogP contribution is -2.47. The molecule has 1 atom stereocenters. The SMILES string of the molecule is COc1ccc([C@H](C2CCC2)N2CCNCC2)c(O)c1. The Hall–Kier alpha value is -1.26. The first kappa shape index (κ1) is 13.7. The van der Waals surface area contributed by atoms with Gasteiger partial charge in [0.1, 0.15) is 11.5 Å². The monoisotopic (exact) mass is 276 g/mol. The van der Waals surface area contributed by atoms with Crippen LogP contribution in [0.3, 0.4) is 0 Å². The van der Waals surface area contributed by atoms with Gasteiger partial charge in [0.25, 0.3) is 0 Å². The summed E-state index contributed by atoms with van der Waals surface area (Å²) in [4.78, 5) is 2.53. The van der Waals surface area contributed by atoms with E-state index in [-0.39, 0.29) is 0 Å². The van der Waals surface area contributed by atoms with Crippen molar-refractivity contribution in [3.05, 3.63) is 23.8 Å². The van der Waals surface area contributed by atoms with Gasteiger partial charge in [0.2, 0.25) is 0 Å². The number of hydrogen-bond donors (Lipinski definition) is 2. The van der Waals surface area contributed by atoms with Crippen molar-refractivity contribution in [1.29, 1.82) is 0 Å². The van der Waals surface area contributed by atoms with E-state index in [0.717, 1.165) is 37.5 Å². The minimum Gasteiger partial charge on any atom is -0.507 e. The number of nitrogens with one attached hydrogen (secondary N) is 1. The average Bonchev–Trinajstić information content (AvgIpc) is 2.44. The van der Waals surface area contributed by atoms with Crippen LogP contribution in [0.4, 0.5) is 0 Å². The van der Waals surface area contributed by atoms with Gasteiger partial charge in [-0.1, -0.05) is 12.5 Å². The molecule has 1 heterocycles. The van der Waals surface area contributed by atoms with Crippen molar-refractivity contribution in [2.45, 2.75) is 25.3 Å². The third-order valence-corrected chi connectivity index (χ3v) is 4.70. The van der Waals surface area contributed by atoms with E-state index in [2.05, 4.69) is 10.2 Å². The molecule has 2 aliphatic rings. The maximum atomic E-state index is 10.4. The molecule has 1 aromatic rings. The smallest absolute Gasteiger partial charge is 0.124 e. The summed E-state index contributed by atoms with van der Waals surface area (Å²) in [5, 5.41) is 13.8. The van der Waals surface area contributed by atoms with E-state index in [0.29, 0.717) is 17.7 Å². The lowest BCUT2D eigenvalue weighted by Gasteiger charge is -2.43. The molecular weight excluding hydrogens is 252 g/mol. The largest absolute Gasteiger partial charge is 0.507 e. The minimum absolute atomic E-state index is 0.358. The highest BCUT2D eigenvalue weighted by Crippen LogP contribution is 2.44. The van der Waals surface area contributed by atoms with Crippen LogP contribution in [0.1, 0.15) is 30.9 Å². The standard InChI is InChI=1S/C16H24N2O2/c1-20-13-5-6-14(15(19)11-13)16(12-3-2-4-12)18-9-7-17-8-10-18/h5-6,11-12,16-17,19H,2-4,7-10H2,1H3/t16-/m0/s1. The summed E-state index contributed by atoms with van der Waals surface area (Å²) >= 11 is 0. The Balaban J connectivity index is 1.87. The molecule has 0 spiro atoms. The maximum Gasteiger partial charge on any atom is 0.124 e. The molecule has 1 aromatic carbocycles. The van der Waals surface area contributed by atoms with Crippen LogP contribution in [-0.4, -0.2) is 43.3 Å². The number of ether oxygens (including phenoxy) is 1. The molecule has 3 rings (SSSR count). The molecule has 1 saturated heterocycles. The zero-order valence-corrected chi connectivity index (χ0v) is 12.1. The van der Waals surface area contributed by atoms with Gasteiger partial charge >= 0.3 is 0 Å². The summed E-state index contributed by atoms with van der Waals surface area (Å²) in [6, 6.07) is 6.10. The zero-order chi connectivity index (χ0) is 13.9. The highest BCUT2D eigenvalue weighted by Gasteiger charge is 2.34. The van der Waals surface area contributed by atoms with Gasteiger partial charge in [-0.2, -0.15) is 0 Å². The van der Waals surface area contributed by atoms with Crippen LogP contribution in [0.25, 0.3) is 0 Å². The number of piperazine rings is 1. The molecule has 1 saturated carbocycles. The number of aromatic hydroxyl groups is 1. The Kier molecular flexibility index (Phi) is 4.13. The van der Waals surface area contributed by atoms with Crippen LogP contribution < -0.4 is 10.1 Å². The highest BCUT2D eigenvalue weighted by atomic mass is 16.5. The molecule has 0 bridgehead atoms. The molecule has 110 valence electrons. The lowest BCUT2D eigenvalue weighted by molar-refractivity contribution is 0.0819. The van der Waals surface area contributed by atoms with Gasteiger partial charge < -0.3 is 15.2 Å². The minimum atomic E-state index is 0.358. The fourth-order valence-electron chi connectivity index (χ4n) is 3.37. The molecule has 20 heavy (non-hydrogen) atoms. The first-order chi connectivity index (χ1) is 9.79. The molecule has 1 aliphatic carbocycles. The predicted molar refractivity (Wildman–Crippen MR) is 79.2 cm³/mol. The fraction of sp³-hybridized carbons (Fsp3) is 0.625. The predicted octanol–water partition coefficient (Wildman–Crippen LogP) is 2.15. The molecule has 0 radical (unpaired) electrons. The third-order valence-electron chi connectivity index (χ3n) is 4.70. The van der Waals surface area contributed by atoms with E-state index in [1.807, 2.05) is 12.1 Å². The summed E-state index contributed by atoms with van der Waals surface area (Å²) < 4.78 is 5.19. The summed E-state index contributed by atoms with van der Waals surface area (Å²) in [5.74, 6) is 1.78. The van der Waals surface area contributed by atoms with E-state index in [9.17, 15) is 5.11 Å². The van der Waals surface area contributed by atoms with Crippen LogP contribution in [0, 0.1) is 5.92 Å². The quantitative estimate of drug-likeness (QED) is 0.884. The fourth-order valence-corrected chi connectivity index (χ4v) is 3.37. The normalized spacial score (nSPS) is 22.2. The van der Waals surface area contributed by atoms with E-state index in [1.54, 1.807) is 13.2 Å². The molecule has 1 aliphatic heterocycles. The summed E-state index contributed by atoms with van der Waals surface area (Å²) in [6.45, 7) is 4.21.